The van der Waals surface area contributed by atoms with Gasteiger partial charge in [0, 0.05) is 25.2 Å². The van der Waals surface area contributed by atoms with Gasteiger partial charge in [-0.25, -0.2) is 8.42 Å². The van der Waals surface area contributed by atoms with E-state index >= 15 is 0 Å². The van der Waals surface area contributed by atoms with Gasteiger partial charge >= 0.3 is 0 Å². The molecular formula is C18H17ClN4O5S3. The predicted octanol–water partition coefficient (Wildman–Crippen LogP) is 3.63. The minimum atomic E-state index is -3.85. The summed E-state index contributed by atoms with van der Waals surface area (Å²) < 4.78 is 30.1. The molecule has 31 heavy (non-hydrogen) atoms. The highest BCUT2D eigenvalue weighted by molar-refractivity contribution is 7.91. The SMILES string of the molecule is CCn1c(=NC(=O)C2CCCN2S(=O)(=O)c2ccc(Cl)s2)sc2ccc([N+](=O)[O-])cc21. The van der Waals surface area contributed by atoms with E-state index < -0.39 is 26.9 Å². The van der Waals surface area contributed by atoms with Crippen molar-refractivity contribution in [2.24, 2.45) is 4.99 Å². The van der Waals surface area contributed by atoms with Crippen molar-refractivity contribution in [3.05, 3.63) is 49.6 Å². The number of fused-ring (bicyclic) bond motifs is 1. The van der Waals surface area contributed by atoms with Gasteiger partial charge in [-0.2, -0.15) is 9.30 Å². The summed E-state index contributed by atoms with van der Waals surface area (Å²) in [6.45, 7) is 2.53. The van der Waals surface area contributed by atoms with Crippen LogP contribution in [0.5, 0.6) is 0 Å². The van der Waals surface area contributed by atoms with Crippen molar-refractivity contribution in [1.29, 1.82) is 0 Å². The van der Waals surface area contributed by atoms with Gasteiger partial charge in [0.2, 0.25) is 0 Å². The number of hydrogen-bond donors (Lipinski definition) is 0. The first-order valence-corrected chi connectivity index (χ1v) is 12.8. The Kier molecular flexibility index (Phi) is 6.01. The van der Waals surface area contributed by atoms with Crippen LogP contribution in [0, 0.1) is 10.1 Å². The first-order chi connectivity index (χ1) is 14.7. The first-order valence-electron chi connectivity index (χ1n) is 9.36. The van der Waals surface area contributed by atoms with Gasteiger partial charge in [0.25, 0.3) is 21.6 Å². The number of sulfonamides is 1. The van der Waals surface area contributed by atoms with Crippen LogP contribution >= 0.6 is 34.3 Å². The van der Waals surface area contributed by atoms with Gasteiger partial charge in [-0.1, -0.05) is 22.9 Å². The number of amides is 1. The highest BCUT2D eigenvalue weighted by atomic mass is 35.5. The Morgan fingerprint density at radius 1 is 1.32 bits per heavy atom. The van der Waals surface area contributed by atoms with Crippen LogP contribution in [-0.4, -0.2) is 40.7 Å². The first kappa shape index (κ1) is 22.1. The Morgan fingerprint density at radius 3 is 2.74 bits per heavy atom. The molecule has 1 fully saturated rings. The van der Waals surface area contributed by atoms with E-state index in [1.165, 1.54) is 39.9 Å². The average Bonchev–Trinajstić information content (AvgIpc) is 3.45. The van der Waals surface area contributed by atoms with E-state index in [2.05, 4.69) is 4.99 Å². The smallest absolute Gasteiger partial charge is 0.271 e. The lowest BCUT2D eigenvalue weighted by molar-refractivity contribution is -0.384. The molecule has 4 rings (SSSR count). The van der Waals surface area contributed by atoms with Crippen LogP contribution in [-0.2, 0) is 21.4 Å². The summed E-state index contributed by atoms with van der Waals surface area (Å²) in [5, 5.41) is 11.1. The molecule has 0 saturated carbocycles. The third kappa shape index (κ3) is 4.05. The molecule has 13 heteroatoms. The summed E-state index contributed by atoms with van der Waals surface area (Å²) in [5.41, 5.74) is 0.561. The number of hydrogen-bond acceptors (Lipinski definition) is 7. The number of carbonyl (C=O) groups excluding carboxylic acids is 1. The predicted molar refractivity (Wildman–Crippen MR) is 119 cm³/mol. The van der Waals surface area contributed by atoms with E-state index in [9.17, 15) is 23.3 Å². The number of thiophene rings is 1. The molecule has 1 aliphatic rings. The van der Waals surface area contributed by atoms with E-state index in [0.717, 1.165) is 16.0 Å². The Hall–Kier alpha value is -2.12. The number of halogens is 1. The molecule has 0 N–H and O–H groups in total. The fourth-order valence-corrected chi connectivity index (χ4v) is 7.90. The Labute approximate surface area is 190 Å². The van der Waals surface area contributed by atoms with Crippen LogP contribution in [0.15, 0.2) is 39.5 Å². The summed E-state index contributed by atoms with van der Waals surface area (Å²) in [6, 6.07) is 6.53. The van der Waals surface area contributed by atoms with Crippen LogP contribution in [0.2, 0.25) is 4.34 Å². The number of aromatic nitrogens is 1. The summed E-state index contributed by atoms with van der Waals surface area (Å²) in [4.78, 5) is 28.3. The van der Waals surface area contributed by atoms with E-state index in [1.54, 1.807) is 10.6 Å². The molecule has 1 amide bonds. The Balaban J connectivity index is 1.72. The molecule has 1 aliphatic heterocycles. The molecule has 9 nitrogen and oxygen atoms in total. The van der Waals surface area contributed by atoms with Crippen molar-refractivity contribution in [2.75, 3.05) is 6.54 Å². The van der Waals surface area contributed by atoms with Gasteiger partial charge in [0.05, 0.1) is 19.5 Å². The third-order valence-electron chi connectivity index (χ3n) is 5.00. The fourth-order valence-electron chi connectivity index (χ4n) is 3.56. The average molecular weight is 501 g/mol. The highest BCUT2D eigenvalue weighted by Crippen LogP contribution is 2.32. The van der Waals surface area contributed by atoms with Gasteiger partial charge in [-0.15, -0.1) is 11.3 Å². The second kappa shape index (κ2) is 8.43. The molecule has 1 aromatic carbocycles. The van der Waals surface area contributed by atoms with Crippen LogP contribution in [0.1, 0.15) is 19.8 Å². The molecule has 3 aromatic rings. The molecule has 164 valence electrons. The van der Waals surface area contributed by atoms with Gasteiger partial charge in [-0.05, 0) is 38.0 Å². The molecule has 0 spiro atoms. The molecule has 1 unspecified atom stereocenters. The second-order valence-electron chi connectivity index (χ2n) is 6.82. The number of benzene rings is 1. The lowest BCUT2D eigenvalue weighted by atomic mass is 10.2. The molecule has 0 radical (unpaired) electrons. The Bertz CT molecular complexity index is 1360. The van der Waals surface area contributed by atoms with Crippen LogP contribution in [0.4, 0.5) is 5.69 Å². The van der Waals surface area contributed by atoms with Crippen LogP contribution in [0.25, 0.3) is 10.2 Å². The lowest BCUT2D eigenvalue weighted by Crippen LogP contribution is -2.40. The maximum Gasteiger partial charge on any atom is 0.271 e. The number of nitrogens with zero attached hydrogens (tertiary/aromatic N) is 4. The third-order valence-corrected chi connectivity index (χ3v) is 9.66. The molecule has 3 heterocycles. The minimum Gasteiger partial charge on any atom is -0.316 e. The summed E-state index contributed by atoms with van der Waals surface area (Å²) in [5.74, 6) is -0.549. The topological polar surface area (TPSA) is 115 Å². The van der Waals surface area contributed by atoms with E-state index in [-0.39, 0.29) is 16.4 Å². The zero-order valence-corrected chi connectivity index (χ0v) is 19.4. The van der Waals surface area contributed by atoms with Crippen molar-refractivity contribution >= 4 is 66.1 Å². The summed E-state index contributed by atoms with van der Waals surface area (Å²) in [6.07, 6.45) is 0.930. The van der Waals surface area contributed by atoms with Gasteiger partial charge in [-0.3, -0.25) is 14.9 Å². The van der Waals surface area contributed by atoms with Gasteiger partial charge in [0.1, 0.15) is 10.3 Å². The monoisotopic (exact) mass is 500 g/mol. The number of nitro benzene ring substituents is 1. The largest absolute Gasteiger partial charge is 0.316 e. The van der Waals surface area contributed by atoms with Crippen molar-refractivity contribution in [3.63, 3.8) is 0 Å². The van der Waals surface area contributed by atoms with Crippen LogP contribution in [0.3, 0.4) is 0 Å². The molecule has 0 aliphatic carbocycles. The lowest BCUT2D eigenvalue weighted by Gasteiger charge is -2.20. The van der Waals surface area contributed by atoms with E-state index in [0.29, 0.717) is 34.0 Å². The molecule has 1 saturated heterocycles. The number of nitro groups is 1. The number of carbonyl (C=O) groups is 1. The van der Waals surface area contributed by atoms with Gasteiger partial charge in [0.15, 0.2) is 4.80 Å². The van der Waals surface area contributed by atoms with Crippen molar-refractivity contribution in [1.82, 2.24) is 8.87 Å². The van der Waals surface area contributed by atoms with E-state index in [4.69, 9.17) is 11.6 Å². The second-order valence-corrected chi connectivity index (χ2v) is 11.7. The highest BCUT2D eigenvalue weighted by Gasteiger charge is 2.40. The fraction of sp³-hybridized carbons (Fsp3) is 0.333. The molecule has 1 atom stereocenters. The van der Waals surface area contributed by atoms with Crippen LogP contribution < -0.4 is 4.80 Å². The zero-order valence-electron chi connectivity index (χ0n) is 16.2. The van der Waals surface area contributed by atoms with Crippen molar-refractivity contribution in [3.8, 4) is 0 Å². The maximum atomic E-state index is 13.0. The number of rotatable bonds is 5. The molecule has 0 bridgehead atoms. The maximum absolute atomic E-state index is 13.0. The summed E-state index contributed by atoms with van der Waals surface area (Å²) in [7, 11) is -3.85. The summed E-state index contributed by atoms with van der Waals surface area (Å²) >= 11 is 8.07. The van der Waals surface area contributed by atoms with Crippen molar-refractivity contribution in [2.45, 2.75) is 36.6 Å². The van der Waals surface area contributed by atoms with Crippen molar-refractivity contribution < 1.29 is 18.1 Å². The zero-order chi connectivity index (χ0) is 22.3. The number of aryl methyl sites for hydroxylation is 1. The van der Waals surface area contributed by atoms with E-state index in [1.807, 2.05) is 6.92 Å². The molecular weight excluding hydrogens is 484 g/mol. The number of thiazole rings is 1. The molecule has 2 aromatic heterocycles. The Morgan fingerprint density at radius 2 is 2.10 bits per heavy atom. The minimum absolute atomic E-state index is 0.0481. The normalized spacial score (nSPS) is 18.1. The quantitative estimate of drug-likeness (QED) is 0.392. The number of non-ortho nitro benzene ring substituents is 1. The van der Waals surface area contributed by atoms with Gasteiger partial charge < -0.3 is 4.57 Å². The standard InChI is InChI=1S/C18H17ClN4O5S3/c1-2-21-13-10-11(23(25)26)5-6-14(13)29-18(21)20-17(24)12-4-3-9-22(12)31(27,28)16-8-7-15(19)30-16/h5-8,10,12H,2-4,9H2,1H3.